The van der Waals surface area contributed by atoms with E-state index < -0.39 is 0 Å². The van der Waals surface area contributed by atoms with Crippen molar-refractivity contribution in [3.8, 4) is 0 Å². The Morgan fingerprint density at radius 3 is 2.94 bits per heavy atom. The zero-order valence-corrected chi connectivity index (χ0v) is 10.5. The highest BCUT2D eigenvalue weighted by atomic mass is 15.1. The fraction of sp³-hybridized carbons (Fsp3) is 0.462. The van der Waals surface area contributed by atoms with Gasteiger partial charge < -0.3 is 14.9 Å². The molecule has 0 spiro atoms. The molecular weight excluding hydrogens is 212 g/mol. The van der Waals surface area contributed by atoms with E-state index in [1.165, 1.54) is 11.3 Å². The molecule has 0 fully saturated rings. The van der Waals surface area contributed by atoms with Crippen molar-refractivity contribution >= 4 is 0 Å². The van der Waals surface area contributed by atoms with Crippen LogP contribution in [0.5, 0.6) is 0 Å². The predicted molar refractivity (Wildman–Crippen MR) is 68.7 cm³/mol. The Kier molecular flexibility index (Phi) is 3.64. The van der Waals surface area contributed by atoms with E-state index in [9.17, 15) is 0 Å². The molecule has 4 heteroatoms. The van der Waals surface area contributed by atoms with Crippen LogP contribution >= 0.6 is 0 Å². The number of hydrogen-bond acceptors (Lipinski definition) is 2. The van der Waals surface area contributed by atoms with Crippen molar-refractivity contribution in [2.24, 2.45) is 5.73 Å². The zero-order chi connectivity index (χ0) is 12.3. The normalized spacial score (nSPS) is 12.9. The van der Waals surface area contributed by atoms with Crippen molar-refractivity contribution in [2.75, 3.05) is 0 Å². The number of hydrogen-bond donors (Lipinski definition) is 1. The van der Waals surface area contributed by atoms with Crippen LogP contribution in [0.25, 0.3) is 0 Å². The number of imidazole rings is 1. The van der Waals surface area contributed by atoms with Crippen LogP contribution in [0.2, 0.25) is 0 Å². The average molecular weight is 232 g/mol. The minimum atomic E-state index is 0.146. The summed E-state index contributed by atoms with van der Waals surface area (Å²) < 4.78 is 4.31. The first-order valence-electron chi connectivity index (χ1n) is 6.14. The lowest BCUT2D eigenvalue weighted by atomic mass is 10.1. The molecule has 2 aromatic heterocycles. The number of aryl methyl sites for hydroxylation is 1. The summed E-state index contributed by atoms with van der Waals surface area (Å²) >= 11 is 0. The van der Waals surface area contributed by atoms with Gasteiger partial charge in [0.2, 0.25) is 0 Å². The van der Waals surface area contributed by atoms with Gasteiger partial charge in [-0.05, 0) is 25.0 Å². The topological polar surface area (TPSA) is 48.8 Å². The molecule has 1 atom stereocenters. The minimum Gasteiger partial charge on any atom is -0.348 e. The van der Waals surface area contributed by atoms with E-state index in [2.05, 4.69) is 46.4 Å². The van der Waals surface area contributed by atoms with Gasteiger partial charge in [0, 0.05) is 31.2 Å². The molecule has 0 saturated carbocycles. The van der Waals surface area contributed by atoms with Gasteiger partial charge in [-0.25, -0.2) is 4.98 Å². The third-order valence-corrected chi connectivity index (χ3v) is 3.13. The number of rotatable bonds is 5. The van der Waals surface area contributed by atoms with Gasteiger partial charge >= 0.3 is 0 Å². The quantitative estimate of drug-likeness (QED) is 0.858. The van der Waals surface area contributed by atoms with E-state index in [0.717, 1.165) is 19.5 Å². The smallest absolute Gasteiger partial charge is 0.0948 e. The Morgan fingerprint density at radius 2 is 2.24 bits per heavy atom. The predicted octanol–water partition coefficient (Wildman–Crippen LogP) is 2.16. The summed E-state index contributed by atoms with van der Waals surface area (Å²) in [6, 6.07) is 2.24. The molecule has 0 aliphatic rings. The molecular formula is C13H20N4. The third kappa shape index (κ3) is 2.58. The van der Waals surface area contributed by atoms with E-state index in [4.69, 9.17) is 5.73 Å². The molecule has 92 valence electrons. The molecule has 1 unspecified atom stereocenters. The van der Waals surface area contributed by atoms with Gasteiger partial charge in [-0.15, -0.1) is 0 Å². The summed E-state index contributed by atoms with van der Waals surface area (Å²) in [6.07, 6.45) is 8.97. The van der Waals surface area contributed by atoms with Gasteiger partial charge in [-0.3, -0.25) is 0 Å². The summed E-state index contributed by atoms with van der Waals surface area (Å²) in [5.74, 6) is 0. The fourth-order valence-corrected chi connectivity index (χ4v) is 1.96. The maximum absolute atomic E-state index is 6.01. The monoisotopic (exact) mass is 232 g/mol. The first kappa shape index (κ1) is 11.9. The number of aromatic nitrogens is 3. The number of nitrogens with zero attached hydrogens (tertiary/aromatic N) is 3. The van der Waals surface area contributed by atoms with Gasteiger partial charge in [0.1, 0.15) is 0 Å². The number of nitrogens with two attached hydrogens (primary N) is 1. The molecule has 0 amide bonds. The first-order chi connectivity index (χ1) is 8.24. The largest absolute Gasteiger partial charge is 0.348 e. The van der Waals surface area contributed by atoms with E-state index >= 15 is 0 Å². The highest BCUT2D eigenvalue weighted by molar-refractivity contribution is 5.16. The Bertz CT molecular complexity index is 469. The van der Waals surface area contributed by atoms with Crippen LogP contribution in [0.4, 0.5) is 0 Å². The van der Waals surface area contributed by atoms with Gasteiger partial charge in [-0.1, -0.05) is 6.92 Å². The van der Waals surface area contributed by atoms with Gasteiger partial charge in [0.15, 0.2) is 0 Å². The molecule has 2 N–H and O–H groups in total. The molecule has 2 rings (SSSR count). The summed E-state index contributed by atoms with van der Waals surface area (Å²) in [7, 11) is 0. The highest BCUT2D eigenvalue weighted by Gasteiger charge is 2.06. The third-order valence-electron chi connectivity index (χ3n) is 3.13. The molecule has 4 nitrogen and oxygen atoms in total. The standard InChI is InChI=1S/C13H20N4/c1-3-13(14)11-5-6-16(8-11)9-12-7-15-10-17(12)4-2/h5-8,10,13H,3-4,9,14H2,1-2H3. The van der Waals surface area contributed by atoms with E-state index in [1.54, 1.807) is 0 Å². The molecule has 0 aromatic carbocycles. The maximum atomic E-state index is 6.01. The lowest BCUT2D eigenvalue weighted by molar-refractivity contribution is 0.662. The average Bonchev–Trinajstić information content (AvgIpc) is 2.97. The van der Waals surface area contributed by atoms with Gasteiger partial charge in [0.05, 0.1) is 18.6 Å². The van der Waals surface area contributed by atoms with Gasteiger partial charge in [0.25, 0.3) is 0 Å². The minimum absolute atomic E-state index is 0.146. The van der Waals surface area contributed by atoms with Crippen LogP contribution in [0.3, 0.4) is 0 Å². The van der Waals surface area contributed by atoms with E-state index in [0.29, 0.717) is 0 Å². The lowest BCUT2D eigenvalue weighted by Gasteiger charge is -2.07. The van der Waals surface area contributed by atoms with Crippen molar-refractivity contribution in [3.63, 3.8) is 0 Å². The van der Waals surface area contributed by atoms with Gasteiger partial charge in [-0.2, -0.15) is 0 Å². The Morgan fingerprint density at radius 1 is 1.41 bits per heavy atom. The van der Waals surface area contributed by atoms with Crippen LogP contribution in [-0.4, -0.2) is 14.1 Å². The summed E-state index contributed by atoms with van der Waals surface area (Å²) in [5.41, 5.74) is 8.43. The fourth-order valence-electron chi connectivity index (χ4n) is 1.96. The summed E-state index contributed by atoms with van der Waals surface area (Å²) in [6.45, 7) is 6.04. The molecule has 0 radical (unpaired) electrons. The molecule has 0 aliphatic heterocycles. The molecule has 0 aliphatic carbocycles. The van der Waals surface area contributed by atoms with Crippen molar-refractivity contribution in [1.82, 2.24) is 14.1 Å². The SMILES string of the molecule is CCC(N)c1ccn(Cc2cncn2CC)c1. The molecule has 17 heavy (non-hydrogen) atoms. The van der Waals surface area contributed by atoms with Crippen molar-refractivity contribution < 1.29 is 0 Å². The van der Waals surface area contributed by atoms with Crippen LogP contribution in [-0.2, 0) is 13.1 Å². The van der Waals surface area contributed by atoms with Crippen molar-refractivity contribution in [3.05, 3.63) is 42.2 Å². The van der Waals surface area contributed by atoms with E-state index in [-0.39, 0.29) is 6.04 Å². The van der Waals surface area contributed by atoms with Crippen LogP contribution in [0, 0.1) is 0 Å². The van der Waals surface area contributed by atoms with Crippen molar-refractivity contribution in [1.29, 1.82) is 0 Å². The Hall–Kier alpha value is -1.55. The molecule has 0 saturated heterocycles. The Balaban J connectivity index is 2.11. The zero-order valence-electron chi connectivity index (χ0n) is 10.5. The molecule has 0 bridgehead atoms. The van der Waals surface area contributed by atoms with Crippen LogP contribution < -0.4 is 5.73 Å². The van der Waals surface area contributed by atoms with Crippen LogP contribution in [0.15, 0.2) is 31.0 Å². The Labute approximate surface area is 102 Å². The second kappa shape index (κ2) is 5.19. The van der Waals surface area contributed by atoms with E-state index in [1.807, 2.05) is 12.5 Å². The van der Waals surface area contributed by atoms with Crippen LogP contribution in [0.1, 0.15) is 37.6 Å². The lowest BCUT2D eigenvalue weighted by Crippen LogP contribution is -2.08. The highest BCUT2D eigenvalue weighted by Crippen LogP contribution is 2.14. The second-order valence-corrected chi connectivity index (χ2v) is 4.30. The maximum Gasteiger partial charge on any atom is 0.0948 e. The molecule has 2 heterocycles. The first-order valence-corrected chi connectivity index (χ1v) is 6.14. The van der Waals surface area contributed by atoms with Crippen molar-refractivity contribution in [2.45, 2.75) is 39.4 Å². The summed E-state index contributed by atoms with van der Waals surface area (Å²) in [4.78, 5) is 4.17. The molecule has 2 aromatic rings. The second-order valence-electron chi connectivity index (χ2n) is 4.30. The summed E-state index contributed by atoms with van der Waals surface area (Å²) in [5, 5.41) is 0.